The molecule has 3 rings (SSSR count). The monoisotopic (exact) mass is 329 g/mol. The van der Waals surface area contributed by atoms with Crippen LogP contribution in [0.5, 0.6) is 0 Å². The second-order valence-electron chi connectivity index (χ2n) is 5.88. The van der Waals surface area contributed by atoms with Crippen LogP contribution in [0.3, 0.4) is 0 Å². The molecule has 0 saturated carbocycles. The lowest BCUT2D eigenvalue weighted by molar-refractivity contribution is 0.600. The fourth-order valence-electron chi connectivity index (χ4n) is 2.43. The van der Waals surface area contributed by atoms with Crippen molar-refractivity contribution < 1.29 is 8.42 Å². The van der Waals surface area contributed by atoms with Crippen molar-refractivity contribution in [2.45, 2.75) is 31.6 Å². The van der Waals surface area contributed by atoms with Crippen LogP contribution in [0.4, 0.5) is 5.69 Å². The molecule has 0 saturated heterocycles. The number of benzene rings is 2. The smallest absolute Gasteiger partial charge is 0.262 e. The first-order valence-corrected chi connectivity index (χ1v) is 8.93. The zero-order valence-electron chi connectivity index (χ0n) is 13.3. The third-order valence-electron chi connectivity index (χ3n) is 3.68. The molecule has 0 atom stereocenters. The van der Waals surface area contributed by atoms with Crippen molar-refractivity contribution in [2.24, 2.45) is 0 Å². The van der Waals surface area contributed by atoms with Gasteiger partial charge in [-0.3, -0.25) is 4.72 Å². The van der Waals surface area contributed by atoms with Crippen LogP contribution in [-0.4, -0.2) is 18.4 Å². The molecule has 0 radical (unpaired) electrons. The molecule has 2 aromatic carbocycles. The zero-order valence-corrected chi connectivity index (χ0v) is 14.1. The molecule has 1 heterocycles. The van der Waals surface area contributed by atoms with Gasteiger partial charge in [-0.25, -0.2) is 13.4 Å². The number of nitrogens with one attached hydrogen (secondary N) is 2. The Hall–Kier alpha value is -2.34. The van der Waals surface area contributed by atoms with Gasteiger partial charge in [-0.2, -0.15) is 0 Å². The largest absolute Gasteiger partial charge is 0.342 e. The highest BCUT2D eigenvalue weighted by Gasteiger charge is 2.17. The quantitative estimate of drug-likeness (QED) is 0.764. The Labute approximate surface area is 135 Å². The third kappa shape index (κ3) is 3.07. The Kier molecular flexibility index (Phi) is 3.85. The van der Waals surface area contributed by atoms with E-state index in [4.69, 9.17) is 0 Å². The second-order valence-corrected chi connectivity index (χ2v) is 7.53. The van der Waals surface area contributed by atoms with E-state index in [1.54, 1.807) is 37.3 Å². The van der Waals surface area contributed by atoms with E-state index in [1.807, 2.05) is 12.1 Å². The number of anilines is 1. The summed E-state index contributed by atoms with van der Waals surface area (Å²) in [5, 5.41) is 0. The van der Waals surface area contributed by atoms with E-state index < -0.39 is 10.0 Å². The van der Waals surface area contributed by atoms with Gasteiger partial charge in [0.05, 0.1) is 21.6 Å². The standard InChI is InChI=1S/C17H19N3O2S/c1-11(2)17-18-14-9-8-13(10-15(14)19-17)20-23(21,22)16-7-5-4-6-12(16)3/h4-11,20H,1-3H3,(H,18,19). The van der Waals surface area contributed by atoms with Crippen LogP contribution in [0.1, 0.15) is 31.2 Å². The van der Waals surface area contributed by atoms with Crippen LogP contribution in [-0.2, 0) is 10.0 Å². The highest BCUT2D eigenvalue weighted by molar-refractivity contribution is 7.92. The normalized spacial score (nSPS) is 12.0. The first kappa shape index (κ1) is 15.6. The number of imidazole rings is 1. The lowest BCUT2D eigenvalue weighted by Gasteiger charge is -2.10. The Morgan fingerprint density at radius 1 is 1.13 bits per heavy atom. The van der Waals surface area contributed by atoms with Crippen LogP contribution >= 0.6 is 0 Å². The fraction of sp³-hybridized carbons (Fsp3) is 0.235. The number of hydrogen-bond acceptors (Lipinski definition) is 3. The van der Waals surface area contributed by atoms with Gasteiger partial charge in [0.2, 0.25) is 0 Å². The van der Waals surface area contributed by atoms with E-state index in [0.717, 1.165) is 16.9 Å². The minimum absolute atomic E-state index is 0.285. The van der Waals surface area contributed by atoms with E-state index in [2.05, 4.69) is 28.5 Å². The molecule has 0 amide bonds. The molecule has 2 N–H and O–H groups in total. The predicted octanol–water partition coefficient (Wildman–Crippen LogP) is 3.80. The molecule has 0 aliphatic carbocycles. The van der Waals surface area contributed by atoms with Gasteiger partial charge in [0.15, 0.2) is 0 Å². The maximum absolute atomic E-state index is 12.5. The number of H-pyrrole nitrogens is 1. The van der Waals surface area contributed by atoms with Crippen molar-refractivity contribution in [3.63, 3.8) is 0 Å². The summed E-state index contributed by atoms with van der Waals surface area (Å²) in [6, 6.07) is 12.2. The van der Waals surface area contributed by atoms with Gasteiger partial charge in [-0.05, 0) is 36.8 Å². The minimum atomic E-state index is -3.61. The van der Waals surface area contributed by atoms with Gasteiger partial charge in [0, 0.05) is 5.92 Å². The van der Waals surface area contributed by atoms with Crippen molar-refractivity contribution in [1.29, 1.82) is 0 Å². The minimum Gasteiger partial charge on any atom is -0.342 e. The Morgan fingerprint density at radius 2 is 1.87 bits per heavy atom. The van der Waals surface area contributed by atoms with Crippen LogP contribution in [0.25, 0.3) is 11.0 Å². The van der Waals surface area contributed by atoms with E-state index in [1.165, 1.54) is 0 Å². The molecule has 0 spiro atoms. The molecule has 0 unspecified atom stereocenters. The van der Waals surface area contributed by atoms with Gasteiger partial charge in [0.25, 0.3) is 10.0 Å². The maximum atomic E-state index is 12.5. The van der Waals surface area contributed by atoms with E-state index in [0.29, 0.717) is 11.3 Å². The molecule has 0 bridgehead atoms. The molecule has 3 aromatic rings. The van der Waals surface area contributed by atoms with Gasteiger partial charge in [-0.1, -0.05) is 32.0 Å². The third-order valence-corrected chi connectivity index (χ3v) is 5.22. The average molecular weight is 329 g/mol. The van der Waals surface area contributed by atoms with Crippen molar-refractivity contribution in [3.8, 4) is 0 Å². The van der Waals surface area contributed by atoms with Crippen LogP contribution < -0.4 is 4.72 Å². The predicted molar refractivity (Wildman–Crippen MR) is 92.2 cm³/mol. The molecule has 0 fully saturated rings. The number of fused-ring (bicyclic) bond motifs is 1. The molecule has 23 heavy (non-hydrogen) atoms. The molecule has 0 aliphatic rings. The lowest BCUT2D eigenvalue weighted by Crippen LogP contribution is -2.14. The summed E-state index contributed by atoms with van der Waals surface area (Å²) < 4.78 is 27.7. The molecule has 120 valence electrons. The maximum Gasteiger partial charge on any atom is 0.262 e. The van der Waals surface area contributed by atoms with Crippen molar-refractivity contribution in [3.05, 3.63) is 53.9 Å². The summed E-state index contributed by atoms with van der Waals surface area (Å²) in [5.74, 6) is 1.17. The summed E-state index contributed by atoms with van der Waals surface area (Å²) in [6.45, 7) is 5.89. The molecule has 0 aliphatic heterocycles. The van der Waals surface area contributed by atoms with Crippen LogP contribution in [0.15, 0.2) is 47.4 Å². The Bertz CT molecular complexity index is 959. The second kappa shape index (κ2) is 5.70. The molecular weight excluding hydrogens is 310 g/mol. The summed E-state index contributed by atoms with van der Waals surface area (Å²) in [4.78, 5) is 8.00. The topological polar surface area (TPSA) is 74.8 Å². The van der Waals surface area contributed by atoms with Gasteiger partial charge in [0.1, 0.15) is 5.82 Å². The number of sulfonamides is 1. The number of hydrogen-bond donors (Lipinski definition) is 2. The van der Waals surface area contributed by atoms with Gasteiger partial charge < -0.3 is 4.98 Å². The number of rotatable bonds is 4. The molecular formula is C17H19N3O2S. The Balaban J connectivity index is 1.96. The van der Waals surface area contributed by atoms with Crippen LogP contribution in [0, 0.1) is 6.92 Å². The fourth-order valence-corrected chi connectivity index (χ4v) is 3.73. The van der Waals surface area contributed by atoms with Crippen molar-refractivity contribution in [2.75, 3.05) is 4.72 Å². The number of aromatic amines is 1. The van der Waals surface area contributed by atoms with Gasteiger partial charge >= 0.3 is 0 Å². The summed E-state index contributed by atoms with van der Waals surface area (Å²) in [6.07, 6.45) is 0. The molecule has 1 aromatic heterocycles. The lowest BCUT2D eigenvalue weighted by atomic mass is 10.2. The first-order chi connectivity index (χ1) is 10.9. The van der Waals surface area contributed by atoms with Crippen molar-refractivity contribution >= 4 is 26.7 Å². The van der Waals surface area contributed by atoms with E-state index >= 15 is 0 Å². The SMILES string of the molecule is Cc1ccccc1S(=O)(=O)Nc1ccc2nc(C(C)C)[nH]c2c1. The van der Waals surface area contributed by atoms with Crippen molar-refractivity contribution in [1.82, 2.24) is 9.97 Å². The number of aromatic nitrogens is 2. The summed E-state index contributed by atoms with van der Waals surface area (Å²) in [7, 11) is -3.61. The summed E-state index contributed by atoms with van der Waals surface area (Å²) in [5.41, 5.74) is 2.87. The first-order valence-electron chi connectivity index (χ1n) is 7.45. The number of aryl methyl sites for hydroxylation is 1. The highest BCUT2D eigenvalue weighted by atomic mass is 32.2. The highest BCUT2D eigenvalue weighted by Crippen LogP contribution is 2.23. The van der Waals surface area contributed by atoms with E-state index in [-0.39, 0.29) is 10.8 Å². The molecule has 6 heteroatoms. The summed E-state index contributed by atoms with van der Waals surface area (Å²) >= 11 is 0. The van der Waals surface area contributed by atoms with Crippen LogP contribution in [0.2, 0.25) is 0 Å². The average Bonchev–Trinajstić information content (AvgIpc) is 2.90. The van der Waals surface area contributed by atoms with E-state index in [9.17, 15) is 8.42 Å². The van der Waals surface area contributed by atoms with Gasteiger partial charge in [-0.15, -0.1) is 0 Å². The number of nitrogens with zero attached hydrogens (tertiary/aromatic N) is 1. The zero-order chi connectivity index (χ0) is 16.6. The Morgan fingerprint density at radius 3 is 2.57 bits per heavy atom. The molecule has 5 nitrogen and oxygen atoms in total.